The monoisotopic (exact) mass is 388 g/mol. The van der Waals surface area contributed by atoms with Gasteiger partial charge in [-0.05, 0) is 53.9 Å². The normalized spacial score (nSPS) is 11.3. The highest BCUT2D eigenvalue weighted by Gasteiger charge is 2.34. The zero-order valence-electron chi connectivity index (χ0n) is 14.8. The third-order valence-electron chi connectivity index (χ3n) is 4.13. The van der Waals surface area contributed by atoms with Crippen LogP contribution in [0.2, 0.25) is 0 Å². The van der Waals surface area contributed by atoms with Crippen molar-refractivity contribution < 1.29 is 22.4 Å². The summed E-state index contributed by atoms with van der Waals surface area (Å²) in [7, 11) is 0. The van der Waals surface area contributed by atoms with Crippen molar-refractivity contribution in [1.82, 2.24) is 4.98 Å². The number of halogens is 4. The Labute approximate surface area is 159 Å². The number of hydrogen-bond donors (Lipinski definition) is 1. The molecular weight excluding hydrogens is 372 g/mol. The second-order valence-corrected chi connectivity index (χ2v) is 6.26. The Morgan fingerprint density at radius 3 is 2.39 bits per heavy atom. The summed E-state index contributed by atoms with van der Waals surface area (Å²) in [5, 5.41) is 2.57. The Bertz CT molecular complexity index is 998. The Kier molecular flexibility index (Phi) is 5.44. The van der Waals surface area contributed by atoms with Gasteiger partial charge >= 0.3 is 6.18 Å². The highest BCUT2D eigenvalue weighted by molar-refractivity contribution is 5.92. The molecule has 1 aromatic heterocycles. The van der Waals surface area contributed by atoms with Gasteiger partial charge < -0.3 is 5.32 Å². The van der Waals surface area contributed by atoms with Crippen LogP contribution < -0.4 is 5.32 Å². The largest absolute Gasteiger partial charge is 0.419 e. The van der Waals surface area contributed by atoms with Gasteiger partial charge in [0.15, 0.2) is 0 Å². The standard InChI is InChI=1S/C21H16F4N2O/c1-13-11-15(9-10-26-13)14-5-7-17(8-6-14)27-19(28)12-16-3-2-4-18(20(16)22)21(23,24)25/h2-11H,12H2,1H3,(H,27,28). The SMILES string of the molecule is Cc1cc(-c2ccc(NC(=O)Cc3cccc(C(F)(F)F)c3F)cc2)ccn1. The fourth-order valence-electron chi connectivity index (χ4n) is 2.78. The number of benzene rings is 2. The van der Waals surface area contributed by atoms with Crippen molar-refractivity contribution >= 4 is 11.6 Å². The number of nitrogens with one attached hydrogen (secondary N) is 1. The molecule has 0 spiro atoms. The number of hydrogen-bond acceptors (Lipinski definition) is 2. The molecule has 0 fully saturated rings. The lowest BCUT2D eigenvalue weighted by molar-refractivity contribution is -0.140. The van der Waals surface area contributed by atoms with Crippen molar-refractivity contribution in [3.63, 3.8) is 0 Å². The number of carbonyl (C=O) groups excluding carboxylic acids is 1. The molecular formula is C21H16F4N2O. The maximum absolute atomic E-state index is 14.0. The summed E-state index contributed by atoms with van der Waals surface area (Å²) in [6.07, 6.45) is -3.61. The van der Waals surface area contributed by atoms with Gasteiger partial charge in [-0.1, -0.05) is 24.3 Å². The van der Waals surface area contributed by atoms with Crippen LogP contribution >= 0.6 is 0 Å². The second kappa shape index (κ2) is 7.80. The first-order valence-corrected chi connectivity index (χ1v) is 8.41. The number of rotatable bonds is 4. The van der Waals surface area contributed by atoms with Crippen LogP contribution in [-0.4, -0.2) is 10.9 Å². The number of aromatic nitrogens is 1. The Morgan fingerprint density at radius 2 is 1.75 bits per heavy atom. The van der Waals surface area contributed by atoms with E-state index in [-0.39, 0.29) is 5.56 Å². The molecule has 1 heterocycles. The molecule has 3 aromatic rings. The fourth-order valence-corrected chi connectivity index (χ4v) is 2.78. The fraction of sp³-hybridized carbons (Fsp3) is 0.143. The van der Waals surface area contributed by atoms with E-state index in [0.29, 0.717) is 11.8 Å². The summed E-state index contributed by atoms with van der Waals surface area (Å²) in [5.41, 5.74) is 1.54. The molecule has 144 valence electrons. The first-order chi connectivity index (χ1) is 13.2. The molecule has 2 aromatic carbocycles. The molecule has 28 heavy (non-hydrogen) atoms. The van der Waals surface area contributed by atoms with E-state index in [1.54, 1.807) is 30.5 Å². The molecule has 0 radical (unpaired) electrons. The Morgan fingerprint density at radius 1 is 1.04 bits per heavy atom. The van der Waals surface area contributed by atoms with Crippen LogP contribution in [0.5, 0.6) is 0 Å². The maximum atomic E-state index is 14.0. The minimum atomic E-state index is -4.81. The molecule has 0 aliphatic heterocycles. The molecule has 0 unspecified atom stereocenters. The third kappa shape index (κ3) is 4.54. The molecule has 0 saturated carbocycles. The third-order valence-corrected chi connectivity index (χ3v) is 4.13. The number of carbonyl (C=O) groups is 1. The van der Waals surface area contributed by atoms with Crippen LogP contribution in [0.3, 0.4) is 0 Å². The zero-order valence-corrected chi connectivity index (χ0v) is 14.8. The smallest absolute Gasteiger partial charge is 0.326 e. The van der Waals surface area contributed by atoms with Crippen molar-refractivity contribution in [2.75, 3.05) is 5.32 Å². The highest BCUT2D eigenvalue weighted by Crippen LogP contribution is 2.32. The van der Waals surface area contributed by atoms with Crippen LogP contribution in [0, 0.1) is 12.7 Å². The van der Waals surface area contributed by atoms with Gasteiger partial charge in [-0.25, -0.2) is 4.39 Å². The lowest BCUT2D eigenvalue weighted by atomic mass is 10.1. The molecule has 3 nitrogen and oxygen atoms in total. The van der Waals surface area contributed by atoms with E-state index in [9.17, 15) is 22.4 Å². The maximum Gasteiger partial charge on any atom is 0.419 e. The highest BCUT2D eigenvalue weighted by atomic mass is 19.4. The average molecular weight is 388 g/mol. The molecule has 1 N–H and O–H groups in total. The van der Waals surface area contributed by atoms with Crippen molar-refractivity contribution in [3.05, 3.63) is 83.4 Å². The predicted octanol–water partition coefficient (Wildman–Crippen LogP) is 5.40. The first-order valence-electron chi connectivity index (χ1n) is 8.41. The van der Waals surface area contributed by atoms with Gasteiger partial charge in [0.05, 0.1) is 12.0 Å². The first kappa shape index (κ1) is 19.5. The summed E-state index contributed by atoms with van der Waals surface area (Å²) in [4.78, 5) is 16.3. The number of amides is 1. The van der Waals surface area contributed by atoms with E-state index in [1.165, 1.54) is 6.07 Å². The van der Waals surface area contributed by atoms with Crippen LogP contribution in [-0.2, 0) is 17.4 Å². The Hall–Kier alpha value is -3.22. The summed E-state index contributed by atoms with van der Waals surface area (Å²) < 4.78 is 52.3. The van der Waals surface area contributed by atoms with Crippen molar-refractivity contribution in [2.45, 2.75) is 19.5 Å². The van der Waals surface area contributed by atoms with Crippen LogP contribution in [0.4, 0.5) is 23.2 Å². The minimum Gasteiger partial charge on any atom is -0.326 e. The molecule has 1 amide bonds. The van der Waals surface area contributed by atoms with Gasteiger partial charge in [0, 0.05) is 17.6 Å². The summed E-state index contributed by atoms with van der Waals surface area (Å²) in [5.74, 6) is -2.03. The predicted molar refractivity (Wildman–Crippen MR) is 98.1 cm³/mol. The van der Waals surface area contributed by atoms with Gasteiger partial charge in [0.2, 0.25) is 5.91 Å². The van der Waals surface area contributed by atoms with Gasteiger partial charge in [-0.2, -0.15) is 13.2 Å². The molecule has 7 heteroatoms. The molecule has 0 atom stereocenters. The van der Waals surface area contributed by atoms with Crippen LogP contribution in [0.25, 0.3) is 11.1 Å². The topological polar surface area (TPSA) is 42.0 Å². The van der Waals surface area contributed by atoms with Crippen molar-refractivity contribution in [1.29, 1.82) is 0 Å². The molecule has 0 bridgehead atoms. The summed E-state index contributed by atoms with van der Waals surface area (Å²) >= 11 is 0. The molecule has 3 rings (SSSR count). The summed E-state index contributed by atoms with van der Waals surface area (Å²) in [6.45, 7) is 1.88. The van der Waals surface area contributed by atoms with Gasteiger partial charge in [0.1, 0.15) is 5.82 Å². The van der Waals surface area contributed by atoms with E-state index in [1.807, 2.05) is 19.1 Å². The number of pyridine rings is 1. The van der Waals surface area contributed by atoms with E-state index >= 15 is 0 Å². The number of nitrogens with zero attached hydrogens (tertiary/aromatic N) is 1. The van der Waals surface area contributed by atoms with Gasteiger partial charge in [-0.3, -0.25) is 9.78 Å². The molecule has 0 saturated heterocycles. The average Bonchev–Trinajstić information content (AvgIpc) is 2.63. The number of aryl methyl sites for hydroxylation is 1. The number of alkyl halides is 3. The zero-order chi connectivity index (χ0) is 20.3. The van der Waals surface area contributed by atoms with E-state index in [4.69, 9.17) is 0 Å². The second-order valence-electron chi connectivity index (χ2n) is 6.26. The van der Waals surface area contributed by atoms with Crippen molar-refractivity contribution in [3.8, 4) is 11.1 Å². The Balaban J connectivity index is 1.71. The summed E-state index contributed by atoms with van der Waals surface area (Å²) in [6, 6.07) is 13.6. The van der Waals surface area contributed by atoms with E-state index in [0.717, 1.165) is 22.9 Å². The quantitative estimate of drug-likeness (QED) is 0.609. The number of anilines is 1. The molecule has 0 aliphatic carbocycles. The van der Waals surface area contributed by atoms with E-state index < -0.39 is 29.9 Å². The van der Waals surface area contributed by atoms with Crippen LogP contribution in [0.15, 0.2) is 60.8 Å². The van der Waals surface area contributed by atoms with E-state index in [2.05, 4.69) is 10.3 Å². The van der Waals surface area contributed by atoms with Crippen molar-refractivity contribution in [2.24, 2.45) is 0 Å². The lowest BCUT2D eigenvalue weighted by Gasteiger charge is -2.11. The minimum absolute atomic E-state index is 0.309. The van der Waals surface area contributed by atoms with Crippen LogP contribution in [0.1, 0.15) is 16.8 Å². The van der Waals surface area contributed by atoms with Gasteiger partial charge in [0.25, 0.3) is 0 Å². The van der Waals surface area contributed by atoms with Gasteiger partial charge in [-0.15, -0.1) is 0 Å². The lowest BCUT2D eigenvalue weighted by Crippen LogP contribution is -2.17. The molecule has 0 aliphatic rings.